The van der Waals surface area contributed by atoms with Crippen molar-refractivity contribution in [2.45, 2.75) is 38.6 Å². The summed E-state index contributed by atoms with van der Waals surface area (Å²) in [6.45, 7) is 2.41. The second-order valence-electron chi connectivity index (χ2n) is 7.57. The lowest BCUT2D eigenvalue weighted by atomic mass is 10.1. The van der Waals surface area contributed by atoms with Gasteiger partial charge in [0.15, 0.2) is 0 Å². The topological polar surface area (TPSA) is 121 Å². The van der Waals surface area contributed by atoms with E-state index in [1.807, 2.05) is 37.3 Å². The Morgan fingerprint density at radius 3 is 2.55 bits per heavy atom. The van der Waals surface area contributed by atoms with Gasteiger partial charge in [-0.15, -0.1) is 0 Å². The number of aromatic hydroxyl groups is 1. The highest BCUT2D eigenvalue weighted by atomic mass is 16.3. The van der Waals surface area contributed by atoms with E-state index in [0.29, 0.717) is 25.1 Å². The maximum absolute atomic E-state index is 12.4. The number of unbranched alkanes of at least 4 members (excludes halogenated alkanes) is 1. The number of benzene rings is 2. The van der Waals surface area contributed by atoms with E-state index in [4.69, 9.17) is 5.73 Å². The normalized spacial score (nSPS) is 11.8. The molecule has 0 saturated carbocycles. The molecule has 0 bridgehead atoms. The van der Waals surface area contributed by atoms with Crippen LogP contribution in [0.25, 0.3) is 11.3 Å². The number of H-pyrrole nitrogens is 1. The summed E-state index contributed by atoms with van der Waals surface area (Å²) >= 11 is 0. The minimum atomic E-state index is -0.641. The summed E-state index contributed by atoms with van der Waals surface area (Å²) in [5.41, 5.74) is 9.52. The zero-order valence-corrected chi connectivity index (χ0v) is 17.6. The molecular weight excluding hydrogens is 392 g/mol. The van der Waals surface area contributed by atoms with Gasteiger partial charge in [-0.25, -0.2) is 4.98 Å². The third kappa shape index (κ3) is 6.26. The number of carbonyl (C=O) groups is 1. The van der Waals surface area contributed by atoms with Crippen molar-refractivity contribution >= 4 is 5.91 Å². The Labute approximate surface area is 181 Å². The number of phenols is 1. The fourth-order valence-electron chi connectivity index (χ4n) is 3.36. The minimum Gasteiger partial charge on any atom is -0.508 e. The first-order valence-electron chi connectivity index (χ1n) is 10.4. The maximum Gasteiger partial charge on any atom is 0.274 e. The molecule has 5 N–H and O–H groups in total. The third-order valence-electron chi connectivity index (χ3n) is 5.12. The lowest BCUT2D eigenvalue weighted by Crippen LogP contribution is -2.42. The van der Waals surface area contributed by atoms with E-state index in [-0.39, 0.29) is 17.2 Å². The predicted octanol–water partition coefficient (Wildman–Crippen LogP) is 2.46. The van der Waals surface area contributed by atoms with Gasteiger partial charge in [0, 0.05) is 17.8 Å². The number of aryl methyl sites for hydroxylation is 2. The summed E-state index contributed by atoms with van der Waals surface area (Å²) in [4.78, 5) is 32.0. The Morgan fingerprint density at radius 2 is 1.84 bits per heavy atom. The summed E-state index contributed by atoms with van der Waals surface area (Å²) in [5.74, 6) is -0.0187. The molecule has 31 heavy (non-hydrogen) atoms. The molecule has 1 aromatic heterocycles. The number of amides is 1. The predicted molar refractivity (Wildman–Crippen MR) is 121 cm³/mol. The van der Waals surface area contributed by atoms with Crippen molar-refractivity contribution in [3.05, 3.63) is 81.9 Å². The molecule has 1 amide bonds. The number of aromatic nitrogens is 2. The SMILES string of the molecule is Cc1nc(-c2ccccc2)c(=O)[nH]c1CCCCNC(=O)[C@@H](N)Cc1ccc(O)cc1. The van der Waals surface area contributed by atoms with Gasteiger partial charge in [0.25, 0.3) is 5.56 Å². The van der Waals surface area contributed by atoms with Gasteiger partial charge in [0.2, 0.25) is 5.91 Å². The first-order valence-corrected chi connectivity index (χ1v) is 10.4. The van der Waals surface area contributed by atoms with Crippen molar-refractivity contribution in [3.8, 4) is 17.0 Å². The van der Waals surface area contributed by atoms with Crippen LogP contribution in [0.4, 0.5) is 0 Å². The molecule has 0 fully saturated rings. The number of nitrogens with one attached hydrogen (secondary N) is 2. The van der Waals surface area contributed by atoms with E-state index in [1.165, 1.54) is 0 Å². The van der Waals surface area contributed by atoms with Gasteiger partial charge in [0.1, 0.15) is 11.4 Å². The first-order chi connectivity index (χ1) is 14.9. The van der Waals surface area contributed by atoms with Crippen molar-refractivity contribution in [2.24, 2.45) is 5.73 Å². The summed E-state index contributed by atoms with van der Waals surface area (Å²) in [7, 11) is 0. The van der Waals surface area contributed by atoms with Crippen LogP contribution in [-0.4, -0.2) is 33.6 Å². The molecule has 1 heterocycles. The fraction of sp³-hybridized carbons (Fsp3) is 0.292. The van der Waals surface area contributed by atoms with Gasteiger partial charge in [-0.2, -0.15) is 0 Å². The molecule has 3 rings (SSSR count). The van der Waals surface area contributed by atoms with E-state index in [9.17, 15) is 14.7 Å². The lowest BCUT2D eigenvalue weighted by molar-refractivity contribution is -0.122. The van der Waals surface area contributed by atoms with Crippen molar-refractivity contribution in [2.75, 3.05) is 6.54 Å². The average molecular weight is 421 g/mol. The number of aromatic amines is 1. The van der Waals surface area contributed by atoms with Crippen LogP contribution in [0, 0.1) is 6.92 Å². The Hall–Kier alpha value is -3.45. The molecule has 0 unspecified atom stereocenters. The molecule has 0 aliphatic rings. The number of nitrogens with zero attached hydrogens (tertiary/aromatic N) is 1. The molecule has 3 aromatic rings. The molecule has 0 saturated heterocycles. The van der Waals surface area contributed by atoms with Gasteiger partial charge in [-0.3, -0.25) is 9.59 Å². The van der Waals surface area contributed by atoms with Crippen molar-refractivity contribution in [1.82, 2.24) is 15.3 Å². The van der Waals surface area contributed by atoms with E-state index in [0.717, 1.165) is 35.4 Å². The van der Waals surface area contributed by atoms with Gasteiger partial charge in [0.05, 0.1) is 11.7 Å². The molecule has 0 aliphatic carbocycles. The molecule has 0 radical (unpaired) electrons. The van der Waals surface area contributed by atoms with Crippen LogP contribution in [0.15, 0.2) is 59.4 Å². The van der Waals surface area contributed by atoms with Crippen LogP contribution < -0.4 is 16.6 Å². The monoisotopic (exact) mass is 420 g/mol. The minimum absolute atomic E-state index is 0.184. The van der Waals surface area contributed by atoms with Crippen LogP contribution >= 0.6 is 0 Å². The van der Waals surface area contributed by atoms with Crippen LogP contribution in [0.3, 0.4) is 0 Å². The number of rotatable bonds is 9. The Balaban J connectivity index is 1.44. The number of phenolic OH excluding ortho intramolecular Hbond substituents is 1. The quantitative estimate of drug-likeness (QED) is 0.396. The fourth-order valence-corrected chi connectivity index (χ4v) is 3.36. The van der Waals surface area contributed by atoms with Crippen LogP contribution in [0.5, 0.6) is 5.75 Å². The molecule has 2 aromatic carbocycles. The summed E-state index contributed by atoms with van der Waals surface area (Å²) in [6, 6.07) is 15.4. The van der Waals surface area contributed by atoms with Crippen molar-refractivity contribution in [3.63, 3.8) is 0 Å². The molecule has 7 nitrogen and oxygen atoms in total. The molecule has 1 atom stereocenters. The molecule has 162 valence electrons. The molecular formula is C24H28N4O3. The first kappa shape index (κ1) is 22.2. The zero-order valence-electron chi connectivity index (χ0n) is 17.6. The van der Waals surface area contributed by atoms with E-state index < -0.39 is 6.04 Å². The standard InChI is InChI=1S/C24H28N4O3/c1-16-21(28-24(31)22(27-16)18-7-3-2-4-8-18)9-5-6-14-26-23(30)20(25)15-17-10-12-19(29)13-11-17/h2-4,7-8,10-13,20,29H,5-6,9,14-15,25H2,1H3,(H,26,30)(H,28,31)/t20-/m0/s1. The van der Waals surface area contributed by atoms with Crippen molar-refractivity contribution in [1.29, 1.82) is 0 Å². The largest absolute Gasteiger partial charge is 0.508 e. The van der Waals surface area contributed by atoms with E-state index >= 15 is 0 Å². The number of hydrogen-bond donors (Lipinski definition) is 4. The number of carbonyl (C=O) groups excluding carboxylic acids is 1. The Bertz CT molecular complexity index is 1060. The molecule has 0 aliphatic heterocycles. The highest BCUT2D eigenvalue weighted by Crippen LogP contribution is 2.14. The molecule has 0 spiro atoms. The van der Waals surface area contributed by atoms with Crippen LogP contribution in [-0.2, 0) is 17.6 Å². The zero-order chi connectivity index (χ0) is 22.2. The van der Waals surface area contributed by atoms with Gasteiger partial charge in [-0.05, 0) is 50.3 Å². The van der Waals surface area contributed by atoms with Crippen LogP contribution in [0.1, 0.15) is 29.8 Å². The van der Waals surface area contributed by atoms with E-state index in [1.54, 1.807) is 24.3 Å². The van der Waals surface area contributed by atoms with Crippen LogP contribution in [0.2, 0.25) is 0 Å². The Morgan fingerprint density at radius 1 is 1.13 bits per heavy atom. The second kappa shape index (κ2) is 10.5. The summed E-state index contributed by atoms with van der Waals surface area (Å²) in [5, 5.41) is 12.2. The molecule has 7 heteroatoms. The van der Waals surface area contributed by atoms with Crippen molar-refractivity contribution < 1.29 is 9.90 Å². The lowest BCUT2D eigenvalue weighted by Gasteiger charge is -2.12. The van der Waals surface area contributed by atoms with Gasteiger partial charge >= 0.3 is 0 Å². The number of hydrogen-bond acceptors (Lipinski definition) is 5. The third-order valence-corrected chi connectivity index (χ3v) is 5.12. The Kier molecular flexibility index (Phi) is 7.56. The highest BCUT2D eigenvalue weighted by molar-refractivity contribution is 5.81. The summed E-state index contributed by atoms with van der Waals surface area (Å²) < 4.78 is 0. The number of nitrogens with two attached hydrogens (primary N) is 1. The van der Waals surface area contributed by atoms with E-state index in [2.05, 4.69) is 15.3 Å². The second-order valence-corrected chi connectivity index (χ2v) is 7.57. The average Bonchev–Trinajstić information content (AvgIpc) is 2.77. The summed E-state index contributed by atoms with van der Waals surface area (Å²) in [6.07, 6.45) is 2.65. The highest BCUT2D eigenvalue weighted by Gasteiger charge is 2.14. The van der Waals surface area contributed by atoms with Gasteiger partial charge in [-0.1, -0.05) is 42.5 Å². The maximum atomic E-state index is 12.4. The smallest absolute Gasteiger partial charge is 0.274 e. The van der Waals surface area contributed by atoms with Gasteiger partial charge < -0.3 is 21.1 Å².